The number of hydrogen-bond acceptors (Lipinski definition) is 7. The second kappa shape index (κ2) is 9.18. The molecule has 1 atom stereocenters. The number of benzene rings is 2. The molecule has 1 unspecified atom stereocenters. The number of nitrogens with two attached hydrogens (primary N) is 1. The lowest BCUT2D eigenvalue weighted by Gasteiger charge is -2.13. The Morgan fingerprint density at radius 3 is 2.54 bits per heavy atom. The summed E-state index contributed by atoms with van der Waals surface area (Å²) >= 11 is 1.44. The first kappa shape index (κ1) is 19.6. The SMILES string of the molecule is Cc1ccccc1NC(=O)CSC(C)c1nc(N)nc(Nc2ccccc2)n1. The third kappa shape index (κ3) is 5.43. The van der Waals surface area contributed by atoms with Gasteiger partial charge in [-0.1, -0.05) is 36.4 Å². The van der Waals surface area contributed by atoms with Gasteiger partial charge < -0.3 is 16.4 Å². The number of nitrogen functional groups attached to an aromatic ring is 1. The smallest absolute Gasteiger partial charge is 0.234 e. The summed E-state index contributed by atoms with van der Waals surface area (Å²) in [6.45, 7) is 3.90. The van der Waals surface area contributed by atoms with Crippen molar-refractivity contribution in [3.8, 4) is 0 Å². The second-order valence-corrected chi connectivity index (χ2v) is 7.51. The number of nitrogens with zero attached hydrogens (tertiary/aromatic N) is 3. The number of anilines is 4. The Kier molecular flexibility index (Phi) is 6.44. The molecule has 0 spiro atoms. The van der Waals surface area contributed by atoms with Crippen LogP contribution in [0.4, 0.5) is 23.3 Å². The summed E-state index contributed by atoms with van der Waals surface area (Å²) in [5.41, 5.74) is 8.54. The lowest BCUT2D eigenvalue weighted by Crippen LogP contribution is -2.16. The number of hydrogen-bond donors (Lipinski definition) is 3. The molecule has 4 N–H and O–H groups in total. The molecule has 2 aromatic carbocycles. The van der Waals surface area contributed by atoms with E-state index in [1.807, 2.05) is 68.4 Å². The Bertz CT molecular complexity index is 950. The number of aryl methyl sites for hydroxylation is 1. The minimum Gasteiger partial charge on any atom is -0.368 e. The molecule has 3 rings (SSSR count). The Hall–Kier alpha value is -3.13. The quantitative estimate of drug-likeness (QED) is 0.557. The molecule has 0 aliphatic rings. The average molecular weight is 395 g/mol. The molecule has 0 saturated carbocycles. The first-order chi connectivity index (χ1) is 13.5. The first-order valence-electron chi connectivity index (χ1n) is 8.82. The second-order valence-electron chi connectivity index (χ2n) is 6.18. The van der Waals surface area contributed by atoms with Crippen molar-refractivity contribution in [2.24, 2.45) is 0 Å². The van der Waals surface area contributed by atoms with Crippen molar-refractivity contribution in [1.29, 1.82) is 0 Å². The molecule has 7 nitrogen and oxygen atoms in total. The van der Waals surface area contributed by atoms with E-state index in [-0.39, 0.29) is 22.9 Å². The maximum atomic E-state index is 12.3. The van der Waals surface area contributed by atoms with E-state index >= 15 is 0 Å². The van der Waals surface area contributed by atoms with Crippen LogP contribution < -0.4 is 16.4 Å². The van der Waals surface area contributed by atoms with Crippen LogP contribution in [0.3, 0.4) is 0 Å². The van der Waals surface area contributed by atoms with Crippen molar-refractivity contribution in [2.75, 3.05) is 22.1 Å². The maximum Gasteiger partial charge on any atom is 0.234 e. The number of nitrogens with one attached hydrogen (secondary N) is 2. The summed E-state index contributed by atoms with van der Waals surface area (Å²) in [7, 11) is 0. The number of rotatable bonds is 7. The molecule has 8 heteroatoms. The molecule has 28 heavy (non-hydrogen) atoms. The fourth-order valence-electron chi connectivity index (χ4n) is 2.47. The van der Waals surface area contributed by atoms with E-state index in [4.69, 9.17) is 5.73 Å². The summed E-state index contributed by atoms with van der Waals surface area (Å²) in [6.07, 6.45) is 0. The lowest BCUT2D eigenvalue weighted by atomic mass is 10.2. The third-order valence-corrected chi connectivity index (χ3v) is 5.09. The largest absolute Gasteiger partial charge is 0.368 e. The number of amides is 1. The Labute approximate surface area is 168 Å². The monoisotopic (exact) mass is 394 g/mol. The zero-order chi connectivity index (χ0) is 19.9. The predicted octanol–water partition coefficient (Wildman–Crippen LogP) is 3.94. The molecule has 0 bridgehead atoms. The molecule has 0 aliphatic carbocycles. The predicted molar refractivity (Wildman–Crippen MR) is 115 cm³/mol. The molecular formula is C20H22N6OS. The van der Waals surface area contributed by atoms with Crippen LogP contribution in [0.2, 0.25) is 0 Å². The van der Waals surface area contributed by atoms with E-state index in [9.17, 15) is 4.79 Å². The van der Waals surface area contributed by atoms with Crippen LogP contribution in [0.15, 0.2) is 54.6 Å². The van der Waals surface area contributed by atoms with Gasteiger partial charge in [-0.3, -0.25) is 4.79 Å². The van der Waals surface area contributed by atoms with Gasteiger partial charge in [-0.15, -0.1) is 11.8 Å². The van der Waals surface area contributed by atoms with Gasteiger partial charge in [0.25, 0.3) is 0 Å². The minimum atomic E-state index is -0.121. The van der Waals surface area contributed by atoms with Crippen LogP contribution in [-0.2, 0) is 4.79 Å². The highest BCUT2D eigenvalue weighted by Crippen LogP contribution is 2.27. The van der Waals surface area contributed by atoms with Gasteiger partial charge in [0.1, 0.15) is 5.82 Å². The van der Waals surface area contributed by atoms with Gasteiger partial charge in [-0.2, -0.15) is 15.0 Å². The van der Waals surface area contributed by atoms with E-state index in [1.54, 1.807) is 0 Å². The fourth-order valence-corrected chi connectivity index (χ4v) is 3.20. The van der Waals surface area contributed by atoms with E-state index in [0.29, 0.717) is 11.8 Å². The van der Waals surface area contributed by atoms with Gasteiger partial charge in [0.05, 0.1) is 11.0 Å². The van der Waals surface area contributed by atoms with Gasteiger partial charge in [-0.25, -0.2) is 0 Å². The lowest BCUT2D eigenvalue weighted by molar-refractivity contribution is -0.113. The average Bonchev–Trinajstić information content (AvgIpc) is 2.68. The van der Waals surface area contributed by atoms with Crippen molar-refractivity contribution in [3.63, 3.8) is 0 Å². The zero-order valence-electron chi connectivity index (χ0n) is 15.7. The summed E-state index contributed by atoms with van der Waals surface area (Å²) in [5, 5.41) is 5.91. The molecule has 3 aromatic rings. The number of aromatic nitrogens is 3. The molecule has 0 saturated heterocycles. The van der Waals surface area contributed by atoms with E-state index in [0.717, 1.165) is 16.9 Å². The Balaban J connectivity index is 1.61. The van der Waals surface area contributed by atoms with Crippen LogP contribution in [0, 0.1) is 6.92 Å². The topological polar surface area (TPSA) is 106 Å². The highest BCUT2D eigenvalue weighted by Gasteiger charge is 2.15. The van der Waals surface area contributed by atoms with Gasteiger partial charge in [-0.05, 0) is 37.6 Å². The number of carbonyl (C=O) groups excluding carboxylic acids is 1. The molecule has 0 aliphatic heterocycles. The van der Waals surface area contributed by atoms with Gasteiger partial charge >= 0.3 is 0 Å². The van der Waals surface area contributed by atoms with Crippen molar-refractivity contribution >= 4 is 40.9 Å². The fraction of sp³-hybridized carbons (Fsp3) is 0.200. The Morgan fingerprint density at radius 1 is 1.07 bits per heavy atom. The maximum absolute atomic E-state index is 12.3. The van der Waals surface area contributed by atoms with Crippen molar-refractivity contribution in [3.05, 3.63) is 66.0 Å². The van der Waals surface area contributed by atoms with E-state index < -0.39 is 0 Å². The van der Waals surface area contributed by atoms with Crippen molar-refractivity contribution in [1.82, 2.24) is 15.0 Å². The van der Waals surface area contributed by atoms with Crippen molar-refractivity contribution < 1.29 is 4.79 Å². The molecule has 144 valence electrons. The van der Waals surface area contributed by atoms with Gasteiger partial charge in [0.2, 0.25) is 17.8 Å². The van der Waals surface area contributed by atoms with Gasteiger partial charge in [0.15, 0.2) is 0 Å². The number of thioether (sulfide) groups is 1. The summed E-state index contributed by atoms with van der Waals surface area (Å²) in [4.78, 5) is 25.0. The first-order valence-corrected chi connectivity index (χ1v) is 9.87. The van der Waals surface area contributed by atoms with Crippen LogP contribution in [0.25, 0.3) is 0 Å². The zero-order valence-corrected chi connectivity index (χ0v) is 16.5. The van der Waals surface area contributed by atoms with Gasteiger partial charge in [0, 0.05) is 11.4 Å². The normalized spacial score (nSPS) is 11.6. The summed E-state index contributed by atoms with van der Waals surface area (Å²) in [6, 6.07) is 17.3. The summed E-state index contributed by atoms with van der Waals surface area (Å²) < 4.78 is 0. The standard InChI is InChI=1S/C20H22N6OS/c1-13-8-6-7-11-16(13)23-17(27)12-28-14(2)18-24-19(21)26-20(25-18)22-15-9-4-3-5-10-15/h3-11,14H,12H2,1-2H3,(H,23,27)(H3,21,22,24,25,26). The number of carbonyl (C=O) groups is 1. The molecular weight excluding hydrogens is 372 g/mol. The highest BCUT2D eigenvalue weighted by molar-refractivity contribution is 8.00. The van der Waals surface area contributed by atoms with Crippen LogP contribution in [0.5, 0.6) is 0 Å². The summed E-state index contributed by atoms with van der Waals surface area (Å²) in [5.74, 6) is 1.25. The number of para-hydroxylation sites is 2. The molecule has 1 aromatic heterocycles. The van der Waals surface area contributed by atoms with E-state index in [1.165, 1.54) is 11.8 Å². The minimum absolute atomic E-state index is 0.0733. The molecule has 0 radical (unpaired) electrons. The third-order valence-electron chi connectivity index (χ3n) is 3.95. The molecule has 1 amide bonds. The van der Waals surface area contributed by atoms with Crippen LogP contribution in [-0.4, -0.2) is 26.6 Å². The van der Waals surface area contributed by atoms with Crippen molar-refractivity contribution in [2.45, 2.75) is 19.1 Å². The highest BCUT2D eigenvalue weighted by atomic mass is 32.2. The van der Waals surface area contributed by atoms with E-state index in [2.05, 4.69) is 25.6 Å². The van der Waals surface area contributed by atoms with Crippen LogP contribution in [0.1, 0.15) is 23.6 Å². The molecule has 1 heterocycles. The molecule has 0 fully saturated rings. The Morgan fingerprint density at radius 2 is 1.79 bits per heavy atom. The van der Waals surface area contributed by atoms with Crippen LogP contribution >= 0.6 is 11.8 Å².